The normalized spacial score (nSPS) is 19.3. The van der Waals surface area contributed by atoms with Crippen LogP contribution in [0.25, 0.3) is 11.1 Å². The second kappa shape index (κ2) is 26.7. The maximum atomic E-state index is 13.2. The number of esters is 4. The van der Waals surface area contributed by atoms with Gasteiger partial charge in [-0.25, -0.2) is 9.59 Å². The molecule has 3 aliphatic rings. The van der Waals surface area contributed by atoms with Gasteiger partial charge in [0.15, 0.2) is 18.3 Å². The van der Waals surface area contributed by atoms with Gasteiger partial charge in [0, 0.05) is 58.9 Å². The van der Waals surface area contributed by atoms with Crippen molar-refractivity contribution in [3.8, 4) is 16.9 Å². The number of benzene rings is 3. The Bertz CT molecular complexity index is 2450. The fourth-order valence-corrected chi connectivity index (χ4v) is 8.68. The SMILES string of the molecule is COCCOCCC(=O)N1CC(CNC(=O)OCC2c3ccccc3-c3ccccc32)(OCC(=O)NCCC(=O)NCc2cc(CO)ccc2O[C@@H]2O[C@H](C(=O)OC)[C@@H](OC(C)=O)[C@H](OC(C)=O)[C@H]2OC(C)=O)C1. The highest BCUT2D eigenvalue weighted by Crippen LogP contribution is 2.44. The average Bonchev–Trinajstić information content (AvgIpc) is 3.68. The predicted octanol–water partition coefficient (Wildman–Crippen LogP) is 1.56. The van der Waals surface area contributed by atoms with E-state index in [-0.39, 0.29) is 81.9 Å². The molecule has 0 bridgehead atoms. The van der Waals surface area contributed by atoms with Crippen molar-refractivity contribution in [1.29, 1.82) is 0 Å². The second-order valence-electron chi connectivity index (χ2n) is 17.5. The number of aliphatic hydroxyl groups excluding tert-OH is 1. The Balaban J connectivity index is 1.03. The van der Waals surface area contributed by atoms with Crippen LogP contribution in [-0.2, 0) is 89.3 Å². The van der Waals surface area contributed by atoms with Gasteiger partial charge in [-0.1, -0.05) is 54.6 Å². The molecular formula is C51H62N4O19. The zero-order chi connectivity index (χ0) is 53.4. The van der Waals surface area contributed by atoms with Gasteiger partial charge in [0.1, 0.15) is 24.6 Å². The highest BCUT2D eigenvalue weighted by Gasteiger charge is 2.56. The largest absolute Gasteiger partial charge is 0.467 e. The van der Waals surface area contributed by atoms with Gasteiger partial charge in [0.25, 0.3) is 0 Å². The lowest BCUT2D eigenvalue weighted by molar-refractivity contribution is -0.282. The summed E-state index contributed by atoms with van der Waals surface area (Å²) in [4.78, 5) is 104. The van der Waals surface area contributed by atoms with Crippen molar-refractivity contribution in [3.05, 3.63) is 89.0 Å². The van der Waals surface area contributed by atoms with Crippen molar-refractivity contribution in [3.63, 3.8) is 0 Å². The number of methoxy groups -OCH3 is 2. The van der Waals surface area contributed by atoms with E-state index in [0.29, 0.717) is 18.8 Å². The fraction of sp³-hybridized carbons (Fsp3) is 0.490. The summed E-state index contributed by atoms with van der Waals surface area (Å²) in [5.41, 5.74) is 3.80. The van der Waals surface area contributed by atoms with Crippen LogP contribution >= 0.6 is 0 Å². The molecule has 2 saturated heterocycles. The molecule has 1 aliphatic carbocycles. The molecule has 2 heterocycles. The van der Waals surface area contributed by atoms with Crippen LogP contribution in [0.2, 0.25) is 0 Å². The molecule has 3 aromatic carbocycles. The average molecular weight is 1040 g/mol. The van der Waals surface area contributed by atoms with Gasteiger partial charge in [0.05, 0.1) is 59.6 Å². The van der Waals surface area contributed by atoms with Crippen LogP contribution in [0.3, 0.4) is 0 Å². The number of nitrogens with zero attached hydrogens (tertiary/aromatic N) is 1. The lowest BCUT2D eigenvalue weighted by Crippen LogP contribution is -2.69. The summed E-state index contributed by atoms with van der Waals surface area (Å²) in [6.07, 6.45) is -9.07. The highest BCUT2D eigenvalue weighted by molar-refractivity contribution is 5.81. The van der Waals surface area contributed by atoms with Crippen molar-refractivity contribution in [2.75, 3.05) is 73.4 Å². The van der Waals surface area contributed by atoms with Crippen LogP contribution in [0.15, 0.2) is 66.7 Å². The molecule has 5 atom stereocenters. The molecule has 4 N–H and O–H groups in total. The molecule has 2 aliphatic heterocycles. The minimum Gasteiger partial charge on any atom is -0.467 e. The zero-order valence-corrected chi connectivity index (χ0v) is 41.8. The molecule has 6 rings (SSSR count). The quantitative estimate of drug-likeness (QED) is 0.0532. The number of likely N-dealkylation sites (tertiary alicyclic amines) is 1. The van der Waals surface area contributed by atoms with Crippen LogP contribution in [0, 0.1) is 0 Å². The summed E-state index contributed by atoms with van der Waals surface area (Å²) in [7, 11) is 2.59. The third kappa shape index (κ3) is 15.0. The van der Waals surface area contributed by atoms with Gasteiger partial charge < -0.3 is 73.3 Å². The number of ether oxygens (including phenoxy) is 10. The second-order valence-corrected chi connectivity index (χ2v) is 17.5. The molecule has 0 unspecified atom stereocenters. The summed E-state index contributed by atoms with van der Waals surface area (Å²) >= 11 is 0. The van der Waals surface area contributed by atoms with Crippen molar-refractivity contribution in [2.45, 2.75) is 89.0 Å². The van der Waals surface area contributed by atoms with E-state index in [1.165, 1.54) is 23.1 Å². The van der Waals surface area contributed by atoms with Crippen LogP contribution in [0.1, 0.15) is 61.8 Å². The molecule has 0 aromatic heterocycles. The molecule has 74 heavy (non-hydrogen) atoms. The van der Waals surface area contributed by atoms with Crippen molar-refractivity contribution in [2.24, 2.45) is 0 Å². The van der Waals surface area contributed by atoms with Crippen LogP contribution < -0.4 is 20.7 Å². The van der Waals surface area contributed by atoms with Gasteiger partial charge >= 0.3 is 30.0 Å². The Kier molecular flexibility index (Phi) is 20.2. The third-order valence-electron chi connectivity index (χ3n) is 12.1. The molecule has 0 saturated carbocycles. The smallest absolute Gasteiger partial charge is 0.407 e. The summed E-state index contributed by atoms with van der Waals surface area (Å²) in [6, 6.07) is 20.3. The number of carbonyl (C=O) groups excluding carboxylic acids is 8. The first-order valence-corrected chi connectivity index (χ1v) is 23.8. The Hall–Kier alpha value is -7.18. The maximum Gasteiger partial charge on any atom is 0.407 e. The third-order valence-corrected chi connectivity index (χ3v) is 12.1. The molecule has 3 aromatic rings. The molecule has 0 radical (unpaired) electrons. The summed E-state index contributed by atoms with van der Waals surface area (Å²) in [6.45, 7) is 2.96. The molecule has 400 valence electrons. The zero-order valence-electron chi connectivity index (χ0n) is 41.8. The van der Waals surface area contributed by atoms with E-state index in [9.17, 15) is 43.5 Å². The minimum absolute atomic E-state index is 0.0138. The number of alkyl carbamates (subject to hydrolysis) is 1. The van der Waals surface area contributed by atoms with E-state index in [2.05, 4.69) is 16.0 Å². The minimum atomic E-state index is -1.73. The lowest BCUT2D eigenvalue weighted by atomic mass is 9.93. The molecule has 4 amide bonds. The first kappa shape index (κ1) is 56.1. The van der Waals surface area contributed by atoms with Gasteiger partial charge in [0.2, 0.25) is 30.1 Å². The van der Waals surface area contributed by atoms with Crippen molar-refractivity contribution >= 4 is 47.7 Å². The number of nitrogens with one attached hydrogen (secondary N) is 3. The molecule has 23 nitrogen and oxygen atoms in total. The van der Waals surface area contributed by atoms with Gasteiger partial charge in [-0.3, -0.25) is 28.8 Å². The first-order chi connectivity index (χ1) is 35.5. The van der Waals surface area contributed by atoms with Gasteiger partial charge in [-0.2, -0.15) is 0 Å². The van der Waals surface area contributed by atoms with Crippen molar-refractivity contribution in [1.82, 2.24) is 20.9 Å². The molecule has 23 heteroatoms. The van der Waals surface area contributed by atoms with Crippen LogP contribution in [-0.4, -0.2) is 167 Å². The van der Waals surface area contributed by atoms with Crippen LogP contribution in [0.4, 0.5) is 4.79 Å². The Morgan fingerprint density at radius 1 is 0.743 bits per heavy atom. The number of amides is 4. The maximum absolute atomic E-state index is 13.2. The topological polar surface area (TPSA) is 288 Å². The number of fused-ring (bicyclic) bond motifs is 3. The lowest BCUT2D eigenvalue weighted by Gasteiger charge is -2.49. The monoisotopic (exact) mass is 1030 g/mol. The number of hydrogen-bond acceptors (Lipinski definition) is 19. The molecule has 2 fully saturated rings. The standard InChI is InChI=1S/C51H62N4O19/c1-30(57)70-44-45(71-31(2)58)47(72-32(3)59)49(74-46(44)48(63)66-5)73-40-15-14-33(24-56)22-34(40)23-53-41(60)16-18-52-42(61)26-69-51(28-55(29-51)43(62)17-19-67-21-20-65-4)27-54-50(64)68-25-39-37-12-8-6-10-35(37)36-11-7-9-13-38(36)39/h6-15,22,39,44-47,49,56H,16-21,23-29H2,1-5H3,(H,52,61)(H,53,60)(H,54,64)/t44-,45-,46-,47+,49+/m0/s1. The number of carbonyl (C=O) groups is 8. The number of rotatable bonds is 25. The molecular weight excluding hydrogens is 973 g/mol. The van der Waals surface area contributed by atoms with E-state index in [0.717, 1.165) is 50.1 Å². The van der Waals surface area contributed by atoms with E-state index < -0.39 is 91.3 Å². The summed E-state index contributed by atoms with van der Waals surface area (Å²) in [5, 5.41) is 18.0. The summed E-state index contributed by atoms with van der Waals surface area (Å²) in [5.74, 6) is -5.13. The first-order valence-electron chi connectivity index (χ1n) is 23.8. The fourth-order valence-electron chi connectivity index (χ4n) is 8.68. The Morgan fingerprint density at radius 2 is 1.39 bits per heavy atom. The number of aliphatic hydroxyl groups is 1. The van der Waals surface area contributed by atoms with E-state index in [1.807, 2.05) is 48.5 Å². The van der Waals surface area contributed by atoms with E-state index >= 15 is 0 Å². The van der Waals surface area contributed by atoms with E-state index in [1.54, 1.807) is 7.11 Å². The highest BCUT2D eigenvalue weighted by atomic mass is 16.7. The van der Waals surface area contributed by atoms with Gasteiger partial charge in [-0.05, 0) is 39.9 Å². The van der Waals surface area contributed by atoms with E-state index in [4.69, 9.17) is 47.4 Å². The predicted molar refractivity (Wildman–Crippen MR) is 255 cm³/mol. The van der Waals surface area contributed by atoms with Gasteiger partial charge in [-0.15, -0.1) is 0 Å². The molecule has 0 spiro atoms. The Morgan fingerprint density at radius 3 is 2.03 bits per heavy atom. The summed E-state index contributed by atoms with van der Waals surface area (Å²) < 4.78 is 55.2. The van der Waals surface area contributed by atoms with Crippen molar-refractivity contribution < 1.29 is 90.8 Å². The van der Waals surface area contributed by atoms with Crippen LogP contribution in [0.5, 0.6) is 5.75 Å². The Labute approximate surface area is 426 Å². The number of hydrogen-bond donors (Lipinski definition) is 4.